The van der Waals surface area contributed by atoms with E-state index in [0.717, 1.165) is 12.8 Å². The fourth-order valence-electron chi connectivity index (χ4n) is 1.62. The highest BCUT2D eigenvalue weighted by Crippen LogP contribution is 2.23. The second-order valence-electron chi connectivity index (χ2n) is 4.43. The number of amides is 2. The molecule has 0 aliphatic carbocycles. The van der Waals surface area contributed by atoms with Gasteiger partial charge in [-0.1, -0.05) is 13.3 Å². The molecule has 4 N–H and O–H groups in total. The largest absolute Gasteiger partial charge is 0.330 e. The van der Waals surface area contributed by atoms with Crippen LogP contribution in [0.15, 0.2) is 18.2 Å². The minimum Gasteiger partial charge on any atom is -0.330 e. The maximum absolute atomic E-state index is 13.2. The van der Waals surface area contributed by atoms with E-state index in [4.69, 9.17) is 5.73 Å². The van der Waals surface area contributed by atoms with Crippen LogP contribution in [0.2, 0.25) is 0 Å². The molecule has 1 aromatic carbocycles. The van der Waals surface area contributed by atoms with Crippen molar-refractivity contribution in [3.05, 3.63) is 24.0 Å². The maximum atomic E-state index is 13.2. The van der Waals surface area contributed by atoms with Gasteiger partial charge in [0.25, 0.3) is 0 Å². The molecule has 0 spiro atoms. The molecule has 0 aromatic heterocycles. The number of unbranched alkanes of at least 4 members (excludes halogenated alkanes) is 1. The lowest BCUT2D eigenvalue weighted by atomic mass is 10.2. The number of carbonyl (C=O) groups excluding carboxylic acids is 2. The van der Waals surface area contributed by atoms with Crippen molar-refractivity contribution < 1.29 is 14.0 Å². The number of rotatable bonds is 7. The Balaban J connectivity index is 2.79. The van der Waals surface area contributed by atoms with Crippen molar-refractivity contribution in [1.29, 1.82) is 0 Å². The number of nitrogens with one attached hydrogen (secondary N) is 2. The fraction of sp³-hybridized carbons (Fsp3) is 0.429. The van der Waals surface area contributed by atoms with Crippen molar-refractivity contribution in [1.82, 2.24) is 0 Å². The first-order valence-electron chi connectivity index (χ1n) is 6.66. The minimum atomic E-state index is -0.486. The van der Waals surface area contributed by atoms with Gasteiger partial charge in [0.15, 0.2) is 0 Å². The second kappa shape index (κ2) is 8.27. The lowest BCUT2D eigenvalue weighted by Crippen LogP contribution is -2.18. The molecule has 0 saturated heterocycles. The Morgan fingerprint density at radius 2 is 1.80 bits per heavy atom. The summed E-state index contributed by atoms with van der Waals surface area (Å²) in [5, 5.41) is 5.21. The van der Waals surface area contributed by atoms with Crippen LogP contribution in [0, 0.1) is 5.82 Å². The molecule has 0 radical (unpaired) electrons. The number of carbonyl (C=O) groups is 2. The molecule has 6 heteroatoms. The molecule has 0 bridgehead atoms. The van der Waals surface area contributed by atoms with E-state index in [1.807, 2.05) is 6.92 Å². The molecule has 1 aromatic rings. The predicted molar refractivity (Wildman–Crippen MR) is 76.9 cm³/mol. The van der Waals surface area contributed by atoms with Crippen LogP contribution in [0.4, 0.5) is 15.8 Å². The van der Waals surface area contributed by atoms with Crippen molar-refractivity contribution in [3.63, 3.8) is 0 Å². The summed E-state index contributed by atoms with van der Waals surface area (Å²) < 4.78 is 13.2. The first kappa shape index (κ1) is 16.1. The first-order valence-corrected chi connectivity index (χ1v) is 6.66. The second-order valence-corrected chi connectivity index (χ2v) is 4.43. The van der Waals surface area contributed by atoms with Crippen molar-refractivity contribution in [2.45, 2.75) is 32.6 Å². The number of benzene rings is 1. The van der Waals surface area contributed by atoms with Crippen molar-refractivity contribution in [2.24, 2.45) is 5.73 Å². The monoisotopic (exact) mass is 281 g/mol. The topological polar surface area (TPSA) is 84.2 Å². The molecular weight excluding hydrogens is 261 g/mol. The molecule has 0 heterocycles. The summed E-state index contributed by atoms with van der Waals surface area (Å²) in [6.45, 7) is 2.20. The van der Waals surface area contributed by atoms with Crippen LogP contribution in [0.5, 0.6) is 0 Å². The van der Waals surface area contributed by atoms with E-state index in [-0.39, 0.29) is 30.5 Å². The van der Waals surface area contributed by atoms with Crippen LogP contribution in [0.3, 0.4) is 0 Å². The SMILES string of the molecule is CCCCC(=O)Nc1ccc(F)cc1NC(=O)CCN. The maximum Gasteiger partial charge on any atom is 0.225 e. The van der Waals surface area contributed by atoms with Crippen LogP contribution in [-0.2, 0) is 9.59 Å². The molecule has 0 fully saturated rings. The molecule has 0 aliphatic heterocycles. The van der Waals surface area contributed by atoms with Gasteiger partial charge >= 0.3 is 0 Å². The van der Waals surface area contributed by atoms with Gasteiger partial charge in [-0.2, -0.15) is 0 Å². The zero-order chi connectivity index (χ0) is 15.0. The minimum absolute atomic E-state index is 0.139. The lowest BCUT2D eigenvalue weighted by Gasteiger charge is -2.12. The summed E-state index contributed by atoms with van der Waals surface area (Å²) in [4.78, 5) is 23.2. The summed E-state index contributed by atoms with van der Waals surface area (Å²) in [6.07, 6.45) is 2.22. The van der Waals surface area contributed by atoms with Crippen LogP contribution < -0.4 is 16.4 Å². The molecule has 110 valence electrons. The summed E-state index contributed by atoms with van der Waals surface area (Å²) >= 11 is 0. The Morgan fingerprint density at radius 3 is 2.45 bits per heavy atom. The third-order valence-electron chi connectivity index (χ3n) is 2.66. The van der Waals surface area contributed by atoms with Crippen LogP contribution >= 0.6 is 0 Å². The Labute approximate surface area is 117 Å². The Morgan fingerprint density at radius 1 is 1.15 bits per heavy atom. The van der Waals surface area contributed by atoms with E-state index in [1.165, 1.54) is 18.2 Å². The molecule has 5 nitrogen and oxygen atoms in total. The van der Waals surface area contributed by atoms with Gasteiger partial charge in [0.05, 0.1) is 11.4 Å². The molecule has 2 amide bonds. The normalized spacial score (nSPS) is 10.2. The van der Waals surface area contributed by atoms with E-state index in [0.29, 0.717) is 12.1 Å². The van der Waals surface area contributed by atoms with Crippen molar-refractivity contribution in [3.8, 4) is 0 Å². The van der Waals surface area contributed by atoms with Crippen molar-refractivity contribution in [2.75, 3.05) is 17.2 Å². The van der Waals surface area contributed by atoms with Gasteiger partial charge in [0.2, 0.25) is 11.8 Å². The van der Waals surface area contributed by atoms with Gasteiger partial charge in [0.1, 0.15) is 5.82 Å². The number of nitrogens with two attached hydrogens (primary N) is 1. The molecule has 0 saturated carbocycles. The van der Waals surface area contributed by atoms with Gasteiger partial charge < -0.3 is 16.4 Å². The van der Waals surface area contributed by atoms with Crippen molar-refractivity contribution >= 4 is 23.2 Å². The van der Waals surface area contributed by atoms with E-state index in [2.05, 4.69) is 10.6 Å². The third kappa shape index (κ3) is 5.36. The van der Waals surface area contributed by atoms with E-state index >= 15 is 0 Å². The Hall–Kier alpha value is -1.95. The van der Waals surface area contributed by atoms with Gasteiger partial charge in [-0.3, -0.25) is 9.59 Å². The quantitative estimate of drug-likeness (QED) is 0.716. The summed E-state index contributed by atoms with van der Waals surface area (Å²) in [5.41, 5.74) is 5.91. The van der Waals surface area contributed by atoms with Crippen LogP contribution in [-0.4, -0.2) is 18.4 Å². The molecule has 1 rings (SSSR count). The smallest absolute Gasteiger partial charge is 0.225 e. The highest BCUT2D eigenvalue weighted by Gasteiger charge is 2.10. The standard InChI is InChI=1S/C14H20FN3O2/c1-2-3-4-13(19)17-11-6-5-10(15)9-12(11)18-14(20)7-8-16/h5-6,9H,2-4,7-8,16H2,1H3,(H,17,19)(H,18,20). The number of halogens is 1. The highest BCUT2D eigenvalue weighted by atomic mass is 19.1. The number of hydrogen-bond acceptors (Lipinski definition) is 3. The lowest BCUT2D eigenvalue weighted by molar-refractivity contribution is -0.117. The van der Waals surface area contributed by atoms with E-state index in [1.54, 1.807) is 0 Å². The third-order valence-corrected chi connectivity index (χ3v) is 2.66. The number of hydrogen-bond donors (Lipinski definition) is 3. The molecule has 0 atom stereocenters. The highest BCUT2D eigenvalue weighted by molar-refractivity contribution is 5.99. The van der Waals surface area contributed by atoms with Gasteiger partial charge in [-0.05, 0) is 24.6 Å². The van der Waals surface area contributed by atoms with Crippen LogP contribution in [0.25, 0.3) is 0 Å². The molecular formula is C14H20FN3O2. The zero-order valence-electron chi connectivity index (χ0n) is 11.5. The molecule has 0 unspecified atom stereocenters. The van der Waals surface area contributed by atoms with Gasteiger partial charge in [-0.15, -0.1) is 0 Å². The summed E-state index contributed by atoms with van der Waals surface area (Å²) in [6, 6.07) is 3.83. The van der Waals surface area contributed by atoms with Gasteiger partial charge in [-0.25, -0.2) is 4.39 Å². The molecule has 0 aliphatic rings. The number of anilines is 2. The Kier molecular flexibility index (Phi) is 6.66. The molecule has 20 heavy (non-hydrogen) atoms. The summed E-state index contributed by atoms with van der Waals surface area (Å²) in [5.74, 6) is -0.963. The first-order chi connectivity index (χ1) is 9.56. The predicted octanol–water partition coefficient (Wildman–Crippen LogP) is 2.24. The van der Waals surface area contributed by atoms with Crippen LogP contribution in [0.1, 0.15) is 32.6 Å². The average Bonchev–Trinajstić information content (AvgIpc) is 2.40. The van der Waals surface area contributed by atoms with Gasteiger partial charge in [0, 0.05) is 19.4 Å². The zero-order valence-corrected chi connectivity index (χ0v) is 11.5. The Bertz CT molecular complexity index is 477. The summed E-state index contributed by atoms with van der Waals surface area (Å²) in [7, 11) is 0. The average molecular weight is 281 g/mol. The fourth-order valence-corrected chi connectivity index (χ4v) is 1.62. The van der Waals surface area contributed by atoms with E-state index in [9.17, 15) is 14.0 Å². The van der Waals surface area contributed by atoms with E-state index < -0.39 is 5.82 Å².